The highest BCUT2D eigenvalue weighted by Gasteiger charge is 2.45. The number of nitrogens with one attached hydrogen (secondary N) is 1. The number of anilines is 2. The minimum Gasteiger partial charge on any atom is -0.494 e. The van der Waals surface area contributed by atoms with Gasteiger partial charge in [0.25, 0.3) is 10.0 Å². The van der Waals surface area contributed by atoms with Crippen molar-refractivity contribution in [3.05, 3.63) is 47.8 Å². The molecular weight excluding hydrogens is 503 g/mol. The first kappa shape index (κ1) is 24.9. The summed E-state index contributed by atoms with van der Waals surface area (Å²) < 4.78 is 49.5. The first-order chi connectivity index (χ1) is 17.6. The van der Waals surface area contributed by atoms with E-state index in [0.717, 1.165) is 25.3 Å². The summed E-state index contributed by atoms with van der Waals surface area (Å²) in [5, 5.41) is 2.83. The number of ether oxygens (including phenoxy) is 1. The highest BCUT2D eigenvalue weighted by atomic mass is 32.2. The minimum atomic E-state index is -4.30. The van der Waals surface area contributed by atoms with E-state index in [-0.39, 0.29) is 40.8 Å². The molecule has 2 amide bonds. The zero-order valence-electron chi connectivity index (χ0n) is 19.8. The summed E-state index contributed by atoms with van der Waals surface area (Å²) in [5.41, 5.74) is 5.55. The molecule has 2 heterocycles. The molecule has 2 aromatic carbocycles. The number of sulfonamides is 1. The quantitative estimate of drug-likeness (QED) is 0.375. The molecule has 3 N–H and O–H groups in total. The Morgan fingerprint density at radius 1 is 1.19 bits per heavy atom. The van der Waals surface area contributed by atoms with Gasteiger partial charge in [-0.15, -0.1) is 4.40 Å². The fourth-order valence-electron chi connectivity index (χ4n) is 4.48. The van der Waals surface area contributed by atoms with Crippen LogP contribution in [-0.2, 0) is 19.6 Å². The monoisotopic (exact) mass is 528 g/mol. The van der Waals surface area contributed by atoms with Crippen molar-refractivity contribution in [2.45, 2.75) is 37.0 Å². The SMILES string of the molecule is NC(=O)CCCOc1ccc2c(c1)S(=O)(=O)N=C([C@H]1C(=O)c3cc(F)ccc3N(CCC3CC3)C1=O)N2. The lowest BCUT2D eigenvalue weighted by atomic mass is 9.88. The molecule has 1 atom stereocenters. The maximum Gasteiger partial charge on any atom is 0.286 e. The first-order valence-corrected chi connectivity index (χ1v) is 13.4. The van der Waals surface area contributed by atoms with E-state index in [1.165, 1.54) is 35.2 Å². The number of rotatable bonds is 9. The average Bonchev–Trinajstić information content (AvgIpc) is 3.66. The number of carbonyl (C=O) groups is 3. The zero-order chi connectivity index (χ0) is 26.3. The number of ketones is 1. The molecule has 0 unspecified atom stereocenters. The van der Waals surface area contributed by atoms with Gasteiger partial charge in [-0.1, -0.05) is 12.8 Å². The molecule has 1 fully saturated rings. The van der Waals surface area contributed by atoms with E-state index in [1.807, 2.05) is 0 Å². The van der Waals surface area contributed by atoms with Crippen LogP contribution in [0.25, 0.3) is 0 Å². The maximum absolute atomic E-state index is 14.1. The van der Waals surface area contributed by atoms with Gasteiger partial charge in [0.15, 0.2) is 11.7 Å². The first-order valence-electron chi connectivity index (χ1n) is 12.0. The van der Waals surface area contributed by atoms with Crippen molar-refractivity contribution >= 4 is 44.8 Å². The van der Waals surface area contributed by atoms with E-state index in [2.05, 4.69) is 9.71 Å². The normalized spacial score (nSPS) is 20.0. The number of amidine groups is 1. The van der Waals surface area contributed by atoms with Crippen molar-refractivity contribution < 1.29 is 31.9 Å². The Balaban J connectivity index is 1.44. The maximum atomic E-state index is 14.1. The second-order valence-corrected chi connectivity index (χ2v) is 10.9. The van der Waals surface area contributed by atoms with Gasteiger partial charge < -0.3 is 20.7 Å². The van der Waals surface area contributed by atoms with Crippen LogP contribution in [0.1, 0.15) is 42.5 Å². The van der Waals surface area contributed by atoms with Gasteiger partial charge >= 0.3 is 0 Å². The van der Waals surface area contributed by atoms with E-state index in [4.69, 9.17) is 10.5 Å². The molecule has 5 rings (SSSR count). The number of nitrogens with zero attached hydrogens (tertiary/aromatic N) is 2. The molecular formula is C25H25FN4O6S. The van der Waals surface area contributed by atoms with Gasteiger partial charge in [-0.25, -0.2) is 4.39 Å². The Morgan fingerprint density at radius 3 is 2.70 bits per heavy atom. The number of Topliss-reactive ketones (excluding diaryl/α,β-unsaturated/α-hetero) is 1. The molecule has 12 heteroatoms. The fraction of sp³-hybridized carbons (Fsp3) is 0.360. The molecule has 1 aliphatic carbocycles. The van der Waals surface area contributed by atoms with E-state index in [9.17, 15) is 27.2 Å². The van der Waals surface area contributed by atoms with Gasteiger partial charge in [0.1, 0.15) is 22.3 Å². The van der Waals surface area contributed by atoms with Gasteiger partial charge in [0, 0.05) is 24.6 Å². The molecule has 0 aromatic heterocycles. The highest BCUT2D eigenvalue weighted by Crippen LogP contribution is 2.38. The third-order valence-electron chi connectivity index (χ3n) is 6.57. The van der Waals surface area contributed by atoms with Crippen LogP contribution in [-0.4, -0.2) is 45.0 Å². The summed E-state index contributed by atoms with van der Waals surface area (Å²) in [4.78, 5) is 39.0. The number of amides is 2. The molecule has 2 aliphatic heterocycles. The lowest BCUT2D eigenvalue weighted by molar-refractivity contribution is -0.120. The number of hydrogen-bond donors (Lipinski definition) is 2. The number of benzene rings is 2. The molecule has 37 heavy (non-hydrogen) atoms. The van der Waals surface area contributed by atoms with Crippen molar-refractivity contribution in [1.82, 2.24) is 0 Å². The van der Waals surface area contributed by atoms with Crippen LogP contribution in [0.4, 0.5) is 15.8 Å². The summed E-state index contributed by atoms with van der Waals surface area (Å²) in [6.45, 7) is 0.487. The summed E-state index contributed by atoms with van der Waals surface area (Å²) in [5.74, 6) is -3.58. The van der Waals surface area contributed by atoms with Gasteiger partial charge in [-0.05, 0) is 49.1 Å². The van der Waals surface area contributed by atoms with E-state index in [1.54, 1.807) is 0 Å². The summed E-state index contributed by atoms with van der Waals surface area (Å²) in [6.07, 6.45) is 3.37. The Morgan fingerprint density at radius 2 is 1.97 bits per heavy atom. The Labute approximate surface area is 212 Å². The summed E-state index contributed by atoms with van der Waals surface area (Å²) in [7, 11) is -4.30. The van der Waals surface area contributed by atoms with E-state index >= 15 is 0 Å². The molecule has 0 bridgehead atoms. The van der Waals surface area contributed by atoms with Crippen molar-refractivity contribution in [2.75, 3.05) is 23.4 Å². The topological polar surface area (TPSA) is 148 Å². The number of halogens is 1. The van der Waals surface area contributed by atoms with Crippen LogP contribution in [0, 0.1) is 17.7 Å². The molecule has 194 valence electrons. The van der Waals surface area contributed by atoms with Crippen molar-refractivity contribution in [1.29, 1.82) is 0 Å². The predicted octanol–water partition coefficient (Wildman–Crippen LogP) is 2.63. The van der Waals surface area contributed by atoms with Gasteiger partial charge in [0.05, 0.1) is 18.0 Å². The van der Waals surface area contributed by atoms with Crippen LogP contribution < -0.4 is 20.7 Å². The van der Waals surface area contributed by atoms with Gasteiger partial charge in [0.2, 0.25) is 11.8 Å². The second-order valence-electron chi connectivity index (χ2n) is 9.33. The molecule has 10 nitrogen and oxygen atoms in total. The van der Waals surface area contributed by atoms with Crippen LogP contribution in [0.5, 0.6) is 5.75 Å². The lowest BCUT2D eigenvalue weighted by Crippen LogP contribution is -2.50. The smallest absolute Gasteiger partial charge is 0.286 e. The van der Waals surface area contributed by atoms with Crippen LogP contribution >= 0.6 is 0 Å². The average molecular weight is 529 g/mol. The zero-order valence-corrected chi connectivity index (χ0v) is 20.6. The van der Waals surface area contributed by atoms with Crippen molar-refractivity contribution in [3.63, 3.8) is 0 Å². The largest absolute Gasteiger partial charge is 0.494 e. The van der Waals surface area contributed by atoms with Crippen LogP contribution in [0.15, 0.2) is 45.7 Å². The Kier molecular flexibility index (Phi) is 6.44. The van der Waals surface area contributed by atoms with Gasteiger partial charge in [-0.3, -0.25) is 14.4 Å². The molecule has 0 radical (unpaired) electrons. The molecule has 1 saturated carbocycles. The predicted molar refractivity (Wildman–Crippen MR) is 133 cm³/mol. The molecule has 2 aromatic rings. The number of nitrogens with two attached hydrogens (primary N) is 1. The number of carbonyl (C=O) groups excluding carboxylic acids is 3. The fourth-order valence-corrected chi connectivity index (χ4v) is 5.65. The number of fused-ring (bicyclic) bond motifs is 2. The van der Waals surface area contributed by atoms with Crippen molar-refractivity contribution in [2.24, 2.45) is 22.0 Å². The number of primary amides is 1. The summed E-state index contributed by atoms with van der Waals surface area (Å²) in [6, 6.07) is 7.90. The van der Waals surface area contributed by atoms with Crippen LogP contribution in [0.2, 0.25) is 0 Å². The van der Waals surface area contributed by atoms with E-state index < -0.39 is 39.4 Å². The second kappa shape index (κ2) is 9.58. The minimum absolute atomic E-state index is 0.00722. The molecule has 3 aliphatic rings. The standard InChI is InChI=1S/C25H25FN4O6S/c26-15-5-8-19-17(12-15)23(32)22(25(33)30(19)10-9-14-3-4-14)24-28-18-7-6-16(36-11-1-2-21(27)31)13-20(18)37(34,35)29-24/h5-8,12-14,22H,1-4,9-11H2,(H2,27,31)(H,28,29)/t22-/m1/s1. The third-order valence-corrected chi connectivity index (χ3v) is 7.90. The Bertz CT molecular complexity index is 1440. The van der Waals surface area contributed by atoms with E-state index in [0.29, 0.717) is 24.6 Å². The Hall–Kier alpha value is -3.80. The number of hydrogen-bond acceptors (Lipinski definition) is 7. The molecule has 0 saturated heterocycles. The lowest BCUT2D eigenvalue weighted by Gasteiger charge is -2.34. The van der Waals surface area contributed by atoms with Gasteiger partial charge in [-0.2, -0.15) is 8.42 Å². The molecule has 0 spiro atoms. The third kappa shape index (κ3) is 5.06. The van der Waals surface area contributed by atoms with Crippen molar-refractivity contribution in [3.8, 4) is 5.75 Å². The summed E-state index contributed by atoms with van der Waals surface area (Å²) >= 11 is 0. The highest BCUT2D eigenvalue weighted by molar-refractivity contribution is 7.90. The van der Waals surface area contributed by atoms with Crippen LogP contribution in [0.3, 0.4) is 0 Å².